The second-order valence-electron chi connectivity index (χ2n) is 9.71. The summed E-state index contributed by atoms with van der Waals surface area (Å²) in [6.45, 7) is 3.88. The number of halogens is 2. The molecule has 0 fully saturated rings. The normalized spacial score (nSPS) is 12.2. The third-order valence-electron chi connectivity index (χ3n) is 6.03. The van der Waals surface area contributed by atoms with Crippen LogP contribution in [-0.2, 0) is 32.6 Å². The molecule has 0 aliphatic carbocycles. The molecule has 0 radical (unpaired) electrons. The fourth-order valence-electron chi connectivity index (χ4n) is 4.03. The third kappa shape index (κ3) is 8.98. The summed E-state index contributed by atoms with van der Waals surface area (Å²) in [4.78, 5) is 29.0. The second kappa shape index (κ2) is 13.8. The molecule has 7 nitrogen and oxygen atoms in total. The Hall–Kier alpha value is -3.07. The maximum atomic E-state index is 14.0. The van der Waals surface area contributed by atoms with E-state index >= 15 is 0 Å². The van der Waals surface area contributed by atoms with Crippen LogP contribution in [0.5, 0.6) is 0 Å². The Morgan fingerprint density at radius 3 is 2.21 bits per heavy atom. The summed E-state index contributed by atoms with van der Waals surface area (Å²) < 4.78 is 26.6. The van der Waals surface area contributed by atoms with Crippen molar-refractivity contribution in [3.05, 3.63) is 100 Å². The molecule has 10 heteroatoms. The minimum Gasteiger partial charge on any atom is -0.354 e. The van der Waals surface area contributed by atoms with Gasteiger partial charge in [0.2, 0.25) is 21.8 Å². The van der Waals surface area contributed by atoms with Gasteiger partial charge in [-0.05, 0) is 41.3 Å². The molecular formula is C29H33Cl2N3O4S. The number of anilines is 1. The monoisotopic (exact) mass is 589 g/mol. The quantitative estimate of drug-likeness (QED) is 0.315. The maximum Gasteiger partial charge on any atom is 0.244 e. The number of sulfonamides is 1. The molecule has 0 unspecified atom stereocenters. The fourth-order valence-corrected chi connectivity index (χ4v) is 5.25. The number of benzene rings is 3. The van der Waals surface area contributed by atoms with Gasteiger partial charge in [0, 0.05) is 29.6 Å². The van der Waals surface area contributed by atoms with Gasteiger partial charge in [0.1, 0.15) is 12.6 Å². The van der Waals surface area contributed by atoms with Gasteiger partial charge in [0.25, 0.3) is 0 Å². The van der Waals surface area contributed by atoms with Gasteiger partial charge in [-0.1, -0.05) is 91.6 Å². The van der Waals surface area contributed by atoms with Crippen LogP contribution in [0.25, 0.3) is 0 Å². The molecule has 0 heterocycles. The Morgan fingerprint density at radius 1 is 0.923 bits per heavy atom. The zero-order chi connectivity index (χ0) is 28.6. The van der Waals surface area contributed by atoms with Gasteiger partial charge < -0.3 is 10.2 Å². The number of nitrogens with one attached hydrogen (secondary N) is 1. The Balaban J connectivity index is 2.06. The first-order chi connectivity index (χ1) is 18.5. The largest absolute Gasteiger partial charge is 0.354 e. The van der Waals surface area contributed by atoms with E-state index in [2.05, 4.69) is 5.32 Å². The highest BCUT2D eigenvalue weighted by molar-refractivity contribution is 7.92. The molecule has 0 saturated carbocycles. The molecule has 0 spiro atoms. The lowest BCUT2D eigenvalue weighted by molar-refractivity contribution is -0.140. The minimum absolute atomic E-state index is 0.0122. The summed E-state index contributed by atoms with van der Waals surface area (Å²) in [6, 6.07) is 21.8. The number of hydrogen-bond donors (Lipinski definition) is 1. The van der Waals surface area contributed by atoms with Gasteiger partial charge in [0.15, 0.2) is 0 Å². The standard InChI is InChI=1S/C29H33Cl2N3O4S/c1-21(2)18-32-29(36)27(16-22-10-5-4-6-11-22)33(19-23-12-7-8-15-26(23)31)28(35)20-34(39(3,37)38)25-14-9-13-24(30)17-25/h4-15,17,21,27H,16,18-20H2,1-3H3,(H,32,36)/t27-/m1/s1. The lowest BCUT2D eigenvalue weighted by Crippen LogP contribution is -2.53. The molecule has 3 aromatic rings. The summed E-state index contributed by atoms with van der Waals surface area (Å²) in [5.74, 6) is -0.690. The number of hydrogen-bond acceptors (Lipinski definition) is 4. The number of carbonyl (C=O) groups is 2. The van der Waals surface area contributed by atoms with Crippen LogP contribution in [0.4, 0.5) is 5.69 Å². The average Bonchev–Trinajstić information content (AvgIpc) is 2.88. The van der Waals surface area contributed by atoms with E-state index in [1.54, 1.807) is 42.5 Å². The van der Waals surface area contributed by atoms with Crippen LogP contribution in [-0.4, -0.2) is 50.5 Å². The first-order valence-electron chi connectivity index (χ1n) is 12.5. The highest BCUT2D eigenvalue weighted by atomic mass is 35.5. The smallest absolute Gasteiger partial charge is 0.244 e. The maximum absolute atomic E-state index is 14.0. The molecule has 0 aromatic heterocycles. The first-order valence-corrected chi connectivity index (χ1v) is 15.1. The summed E-state index contributed by atoms with van der Waals surface area (Å²) in [5.41, 5.74) is 1.74. The van der Waals surface area contributed by atoms with Crippen LogP contribution in [0.15, 0.2) is 78.9 Å². The Labute approximate surface area is 240 Å². The van der Waals surface area contributed by atoms with Crippen molar-refractivity contribution in [1.82, 2.24) is 10.2 Å². The van der Waals surface area contributed by atoms with Crippen LogP contribution < -0.4 is 9.62 Å². The van der Waals surface area contributed by atoms with Crippen molar-refractivity contribution < 1.29 is 18.0 Å². The molecule has 39 heavy (non-hydrogen) atoms. The van der Waals surface area contributed by atoms with Crippen molar-refractivity contribution in [3.63, 3.8) is 0 Å². The number of nitrogens with zero attached hydrogens (tertiary/aromatic N) is 2. The molecule has 1 N–H and O–H groups in total. The van der Waals surface area contributed by atoms with Crippen LogP contribution >= 0.6 is 23.2 Å². The Bertz CT molecular complexity index is 1380. The lowest BCUT2D eigenvalue weighted by Gasteiger charge is -2.34. The summed E-state index contributed by atoms with van der Waals surface area (Å²) in [5, 5.41) is 3.71. The zero-order valence-corrected chi connectivity index (χ0v) is 24.5. The SMILES string of the molecule is CC(C)CNC(=O)[C@@H](Cc1ccccc1)N(Cc1ccccc1Cl)C(=O)CN(c1cccc(Cl)c1)S(C)(=O)=O. The first kappa shape index (κ1) is 30.5. The van der Waals surface area contributed by atoms with Crippen LogP contribution in [0.3, 0.4) is 0 Å². The molecule has 0 aliphatic rings. The fraction of sp³-hybridized carbons (Fsp3) is 0.310. The van der Waals surface area contributed by atoms with Crippen molar-refractivity contribution in [3.8, 4) is 0 Å². The van der Waals surface area contributed by atoms with E-state index in [1.165, 1.54) is 11.0 Å². The van der Waals surface area contributed by atoms with Gasteiger partial charge in [-0.25, -0.2) is 8.42 Å². The van der Waals surface area contributed by atoms with E-state index in [0.717, 1.165) is 16.1 Å². The molecule has 1 atom stereocenters. The van der Waals surface area contributed by atoms with Crippen molar-refractivity contribution in [2.45, 2.75) is 32.9 Å². The number of amides is 2. The third-order valence-corrected chi connectivity index (χ3v) is 7.77. The molecule has 0 bridgehead atoms. The molecule has 3 rings (SSSR count). The van der Waals surface area contributed by atoms with Gasteiger partial charge >= 0.3 is 0 Å². The minimum atomic E-state index is -3.87. The summed E-state index contributed by atoms with van der Waals surface area (Å²) >= 11 is 12.6. The summed E-state index contributed by atoms with van der Waals surface area (Å²) in [7, 11) is -3.87. The number of carbonyl (C=O) groups excluding carboxylic acids is 2. The Morgan fingerprint density at radius 2 is 1.59 bits per heavy atom. The van der Waals surface area contributed by atoms with Crippen molar-refractivity contribution >= 4 is 50.7 Å². The molecule has 208 valence electrons. The van der Waals surface area contributed by atoms with Gasteiger partial charge in [-0.15, -0.1) is 0 Å². The van der Waals surface area contributed by atoms with E-state index < -0.39 is 28.5 Å². The molecular weight excluding hydrogens is 557 g/mol. The highest BCUT2D eigenvalue weighted by Gasteiger charge is 2.33. The molecule has 0 saturated heterocycles. The van der Waals surface area contributed by atoms with E-state index in [9.17, 15) is 18.0 Å². The van der Waals surface area contributed by atoms with Crippen molar-refractivity contribution in [1.29, 1.82) is 0 Å². The predicted molar refractivity (Wildman–Crippen MR) is 157 cm³/mol. The van der Waals surface area contributed by atoms with E-state index in [1.807, 2.05) is 44.2 Å². The van der Waals surface area contributed by atoms with E-state index in [4.69, 9.17) is 23.2 Å². The van der Waals surface area contributed by atoms with Crippen LogP contribution in [0.1, 0.15) is 25.0 Å². The van der Waals surface area contributed by atoms with E-state index in [-0.39, 0.29) is 30.5 Å². The topological polar surface area (TPSA) is 86.8 Å². The van der Waals surface area contributed by atoms with Gasteiger partial charge in [-0.2, -0.15) is 0 Å². The van der Waals surface area contributed by atoms with Crippen LogP contribution in [0.2, 0.25) is 10.0 Å². The van der Waals surface area contributed by atoms with Crippen LogP contribution in [0, 0.1) is 5.92 Å². The molecule has 3 aromatic carbocycles. The lowest BCUT2D eigenvalue weighted by atomic mass is 10.0. The van der Waals surface area contributed by atoms with Gasteiger partial charge in [-0.3, -0.25) is 13.9 Å². The predicted octanol–water partition coefficient (Wildman–Crippen LogP) is 5.17. The van der Waals surface area contributed by atoms with Crippen molar-refractivity contribution in [2.75, 3.05) is 23.7 Å². The average molecular weight is 591 g/mol. The van der Waals surface area contributed by atoms with E-state index in [0.29, 0.717) is 22.2 Å². The zero-order valence-electron chi connectivity index (χ0n) is 22.2. The molecule has 0 aliphatic heterocycles. The van der Waals surface area contributed by atoms with Gasteiger partial charge in [0.05, 0.1) is 11.9 Å². The highest BCUT2D eigenvalue weighted by Crippen LogP contribution is 2.24. The molecule has 2 amide bonds. The van der Waals surface area contributed by atoms with Crippen molar-refractivity contribution in [2.24, 2.45) is 5.92 Å². The number of rotatable bonds is 12. The summed E-state index contributed by atoms with van der Waals surface area (Å²) in [6.07, 6.45) is 1.26. The second-order valence-corrected chi connectivity index (χ2v) is 12.5. The Kier molecular flexibility index (Phi) is 10.8.